The fourth-order valence-corrected chi connectivity index (χ4v) is 1.67. The summed E-state index contributed by atoms with van der Waals surface area (Å²) in [6.45, 7) is 0. The Morgan fingerprint density at radius 3 is 1.68 bits per heavy atom. The molecule has 0 saturated carbocycles. The molecule has 0 saturated heterocycles. The van der Waals surface area contributed by atoms with E-state index in [4.69, 9.17) is 69.6 Å². The molecule has 19 heavy (non-hydrogen) atoms. The molecule has 0 radical (unpaired) electrons. The van der Waals surface area contributed by atoms with Crippen LogP contribution in [0.1, 0.15) is 5.69 Å². The van der Waals surface area contributed by atoms with E-state index in [1.165, 1.54) is 0 Å². The lowest BCUT2D eigenvalue weighted by Crippen LogP contribution is -2.34. The van der Waals surface area contributed by atoms with Crippen molar-refractivity contribution in [1.29, 1.82) is 0 Å². The van der Waals surface area contributed by atoms with Crippen molar-refractivity contribution in [3.05, 3.63) is 27.0 Å². The van der Waals surface area contributed by atoms with E-state index in [-0.39, 0.29) is 20.5 Å². The smallest absolute Gasteiger partial charge is 0.418 e. The Kier molecular flexibility index (Phi) is 7.27. The first-order valence-corrected chi connectivity index (χ1v) is 6.22. The van der Waals surface area contributed by atoms with Gasteiger partial charge in [0.05, 0.1) is 9.50 Å². The molecule has 0 aliphatic carbocycles. The second-order valence-corrected chi connectivity index (χ2v) is 6.18. The monoisotopic (exact) mass is 403 g/mol. The van der Waals surface area contributed by atoms with Crippen molar-refractivity contribution < 1.29 is 26.5 Å². The molecule has 1 rings (SSSR count). The van der Waals surface area contributed by atoms with Gasteiger partial charge in [-0.25, -0.2) is 0 Å². The number of aromatic nitrogens is 1. The molecule has 0 aliphatic heterocycles. The number of hydrogen-bond acceptors (Lipinski definition) is 0. The van der Waals surface area contributed by atoms with Crippen molar-refractivity contribution in [3.8, 4) is 0 Å². The average Bonchev–Trinajstić information content (AvgIpc) is 2.16. The standard InChI is InChI=1S/C6HCl6FN.BF4/c7-2-1-3(6(10,11)12)14(13)5(9)4(2)8;2-1(3,4)5/h1H;/q+1;-1. The minimum absolute atomic E-state index is 0.00638. The molecule has 1 heterocycles. The molecule has 1 nitrogen and oxygen atoms in total. The van der Waals surface area contributed by atoms with Crippen molar-refractivity contribution in [3.63, 3.8) is 0 Å². The third-order valence-electron chi connectivity index (χ3n) is 1.33. The first kappa shape index (κ1) is 19.6. The Labute approximate surface area is 134 Å². The summed E-state index contributed by atoms with van der Waals surface area (Å²) in [5.41, 5.74) is -0.318. The Balaban J connectivity index is 0.000000555. The highest BCUT2D eigenvalue weighted by atomic mass is 35.6. The van der Waals surface area contributed by atoms with Crippen molar-refractivity contribution in [2.45, 2.75) is 3.79 Å². The van der Waals surface area contributed by atoms with Crippen molar-refractivity contribution in [2.24, 2.45) is 0 Å². The maximum absolute atomic E-state index is 13.3. The maximum atomic E-state index is 13.3. The van der Waals surface area contributed by atoms with Gasteiger partial charge in [-0.15, -0.1) is 0 Å². The van der Waals surface area contributed by atoms with E-state index in [1.807, 2.05) is 0 Å². The number of rotatable bonds is 0. The molecular weight excluding hydrogens is 405 g/mol. The number of pyridine rings is 1. The van der Waals surface area contributed by atoms with Gasteiger partial charge in [-0.05, 0) is 11.6 Å². The molecule has 0 aliphatic rings. The summed E-state index contributed by atoms with van der Waals surface area (Å²) in [6, 6.07) is 1.09. The predicted octanol–water partition coefficient (Wildman–Crippen LogP) is 5.79. The van der Waals surface area contributed by atoms with Crippen LogP contribution in [-0.2, 0) is 3.79 Å². The highest BCUT2D eigenvalue weighted by molar-refractivity contribution is 6.66. The van der Waals surface area contributed by atoms with Gasteiger partial charge in [0.25, 0.3) is 9.49 Å². The largest absolute Gasteiger partial charge is 0.673 e. The van der Waals surface area contributed by atoms with E-state index in [9.17, 15) is 21.7 Å². The predicted molar refractivity (Wildman–Crippen MR) is 67.6 cm³/mol. The number of alkyl halides is 3. The van der Waals surface area contributed by atoms with Crippen LogP contribution in [0.2, 0.25) is 15.2 Å². The summed E-state index contributed by atoms with van der Waals surface area (Å²) in [7, 11) is -6.00. The molecule has 0 N–H and O–H groups in total. The maximum Gasteiger partial charge on any atom is 0.673 e. The van der Waals surface area contributed by atoms with Gasteiger partial charge in [-0.3, -0.25) is 0 Å². The third-order valence-corrected chi connectivity index (χ3v) is 3.12. The van der Waals surface area contributed by atoms with Crippen LogP contribution in [0.3, 0.4) is 0 Å². The lowest BCUT2D eigenvalue weighted by atomic mass is 10.3. The molecule has 0 aromatic carbocycles. The molecule has 0 fully saturated rings. The highest BCUT2D eigenvalue weighted by Crippen LogP contribution is 2.39. The fourth-order valence-electron chi connectivity index (χ4n) is 0.724. The van der Waals surface area contributed by atoms with Crippen LogP contribution in [-0.4, -0.2) is 7.25 Å². The van der Waals surface area contributed by atoms with Crippen LogP contribution in [0.4, 0.5) is 21.7 Å². The van der Waals surface area contributed by atoms with Gasteiger partial charge in [0.15, 0.2) is 0 Å². The van der Waals surface area contributed by atoms with Gasteiger partial charge < -0.3 is 17.3 Å². The average molecular weight is 406 g/mol. The van der Waals surface area contributed by atoms with E-state index in [2.05, 4.69) is 0 Å². The van der Waals surface area contributed by atoms with Crippen molar-refractivity contribution in [1.82, 2.24) is 0 Å². The quantitative estimate of drug-likeness (QED) is 0.222. The summed E-state index contributed by atoms with van der Waals surface area (Å²) < 4.78 is 50.4. The summed E-state index contributed by atoms with van der Waals surface area (Å²) in [5, 5.41) is -0.582. The molecule has 110 valence electrons. The molecule has 1 aromatic heterocycles. The van der Waals surface area contributed by atoms with Crippen molar-refractivity contribution in [2.75, 3.05) is 0 Å². The van der Waals surface area contributed by atoms with Crippen molar-refractivity contribution >= 4 is 76.9 Å². The lowest BCUT2D eigenvalue weighted by molar-refractivity contribution is -0.847. The number of halogens is 11. The molecule has 13 heteroatoms. The second-order valence-electron chi connectivity index (χ2n) is 2.76. The molecule has 0 unspecified atom stereocenters. The minimum Gasteiger partial charge on any atom is -0.418 e. The minimum atomic E-state index is -6.00. The molecule has 1 aromatic rings. The van der Waals surface area contributed by atoms with Gasteiger partial charge in [0, 0.05) is 10.9 Å². The fraction of sp³-hybridized carbons (Fsp3) is 0.167. The number of hydrogen-bond donors (Lipinski definition) is 0. The summed E-state index contributed by atoms with van der Waals surface area (Å²) in [5.74, 6) is 0. The molecule has 0 bridgehead atoms. The van der Waals surface area contributed by atoms with Gasteiger partial charge in [-0.2, -0.15) is 0 Å². The molecule has 0 amide bonds. The van der Waals surface area contributed by atoms with E-state index < -0.39 is 16.2 Å². The topological polar surface area (TPSA) is 3.88 Å². The number of nitrogens with zero attached hydrogens (tertiary/aromatic N) is 1. The first-order valence-electron chi connectivity index (χ1n) is 3.95. The van der Waals surface area contributed by atoms with Crippen LogP contribution in [0.5, 0.6) is 0 Å². The first-order chi connectivity index (χ1) is 8.25. The lowest BCUT2D eigenvalue weighted by Gasteiger charge is -2.06. The Morgan fingerprint density at radius 2 is 1.37 bits per heavy atom. The zero-order valence-corrected chi connectivity index (χ0v) is 12.8. The van der Waals surface area contributed by atoms with Crippen LogP contribution in [0, 0.1) is 0 Å². The normalized spacial score (nSPS) is 11.9. The van der Waals surface area contributed by atoms with Gasteiger partial charge in [-0.1, -0.05) is 58.0 Å². The van der Waals surface area contributed by atoms with Gasteiger partial charge in [0.1, 0.15) is 5.02 Å². The van der Waals surface area contributed by atoms with Crippen LogP contribution >= 0.6 is 69.6 Å². The zero-order chi connectivity index (χ0) is 15.6. The van der Waals surface area contributed by atoms with Gasteiger partial charge >= 0.3 is 12.4 Å². The van der Waals surface area contributed by atoms with Crippen LogP contribution in [0.15, 0.2) is 6.07 Å². The summed E-state index contributed by atoms with van der Waals surface area (Å²) in [4.78, 5) is -0.0389. The van der Waals surface area contributed by atoms with Crippen LogP contribution < -0.4 is 4.79 Å². The molecular formula is C6HBCl6F5N. The summed E-state index contributed by atoms with van der Waals surface area (Å²) in [6.07, 6.45) is 0. The second kappa shape index (κ2) is 7.05. The highest BCUT2D eigenvalue weighted by Gasteiger charge is 2.38. The Bertz CT molecular complexity index is 455. The van der Waals surface area contributed by atoms with E-state index in [1.54, 1.807) is 0 Å². The van der Waals surface area contributed by atoms with Crippen LogP contribution in [0.25, 0.3) is 0 Å². The van der Waals surface area contributed by atoms with E-state index in [0.29, 0.717) is 0 Å². The Hall–Kier alpha value is 0.605. The summed E-state index contributed by atoms with van der Waals surface area (Å²) >= 11 is 33.1. The molecule has 0 spiro atoms. The van der Waals surface area contributed by atoms with Gasteiger partial charge in [0.2, 0.25) is 0 Å². The zero-order valence-electron chi connectivity index (χ0n) is 8.26. The van der Waals surface area contributed by atoms with E-state index >= 15 is 0 Å². The SMILES string of the molecule is F[B-](F)(F)F.F[n+]1c(C(Cl)(Cl)Cl)cc(Cl)c(Cl)c1Cl. The third kappa shape index (κ3) is 7.25. The Morgan fingerprint density at radius 1 is 1.00 bits per heavy atom. The molecule has 0 atom stereocenters. The van der Waals surface area contributed by atoms with E-state index in [0.717, 1.165) is 6.07 Å².